The number of benzene rings is 15. The molecule has 0 atom stereocenters. The van der Waals surface area contributed by atoms with E-state index in [9.17, 15) is 14.4 Å². The molecule has 0 aliphatic heterocycles. The van der Waals surface area contributed by atoms with Crippen LogP contribution in [0.3, 0.4) is 0 Å². The Hall–Kier alpha value is -11.1. The predicted molar refractivity (Wildman–Crippen MR) is 553 cm³/mol. The van der Waals surface area contributed by atoms with Crippen LogP contribution in [0.15, 0.2) is 455 Å². The van der Waals surface area contributed by atoms with Gasteiger partial charge < -0.3 is 24.0 Å². The first-order chi connectivity index (χ1) is 62.1. The molecule has 0 amide bonds. The summed E-state index contributed by atoms with van der Waals surface area (Å²) in [5.41, 5.74) is 19.1. The third-order valence-corrected chi connectivity index (χ3v) is 20.3. The zero-order valence-electron chi connectivity index (χ0n) is 82.0. The van der Waals surface area contributed by atoms with E-state index < -0.39 is 0 Å². The Balaban J connectivity index is 0. The molecule has 0 aromatic heterocycles. The van der Waals surface area contributed by atoms with Gasteiger partial charge in [0.2, 0.25) is 0 Å². The van der Waals surface area contributed by atoms with E-state index in [2.05, 4.69) is 490 Å². The van der Waals surface area contributed by atoms with Gasteiger partial charge in [0.25, 0.3) is 0 Å². The average Bonchev–Trinajstić information content (AvgIpc) is 0.797. The fraction of sp³-hybridized carbons (Fsp3) is 0.228. The third kappa shape index (κ3) is 39.7. The Morgan fingerprint density at radius 2 is 0.192 bits per heavy atom. The van der Waals surface area contributed by atoms with Crippen LogP contribution < -0.4 is 0 Å². The van der Waals surface area contributed by atoms with Gasteiger partial charge >= 0.3 is 0 Å². The van der Waals surface area contributed by atoms with Gasteiger partial charge in [0.15, 0.2) is 0 Å². The summed E-state index contributed by atoms with van der Waals surface area (Å²) in [5.74, 6) is 0.500. The van der Waals surface area contributed by atoms with Gasteiger partial charge in [-0.05, 0) is 160 Å². The fourth-order valence-corrected chi connectivity index (χ4v) is 14.1. The molecule has 15 aromatic rings. The van der Waals surface area contributed by atoms with Crippen LogP contribution in [0.1, 0.15) is 243 Å². The van der Waals surface area contributed by atoms with Crippen LogP contribution in [0.25, 0.3) is 0 Å². The molecule has 0 heterocycles. The molecule has 7 heteroatoms. The Morgan fingerprint density at radius 3 is 0.231 bits per heavy atom. The summed E-state index contributed by atoms with van der Waals surface area (Å²) in [7, 11) is 0. The van der Waals surface area contributed by atoms with Crippen LogP contribution in [0.2, 0.25) is 0 Å². The summed E-state index contributed by atoms with van der Waals surface area (Å²) in [6.45, 7) is 43.3. The van der Waals surface area contributed by atoms with Crippen LogP contribution >= 0.6 is 0 Å². The van der Waals surface area contributed by atoms with E-state index in [0.717, 1.165) is 0 Å². The summed E-state index contributed by atoms with van der Waals surface area (Å²) in [6.07, 6.45) is 3.00. The minimum Gasteiger partial charge on any atom is -0.542 e. The van der Waals surface area contributed by atoms with Crippen molar-refractivity contribution in [3.8, 4) is 0 Å². The average molecular weight is 1880 g/mol. The summed E-state index contributed by atoms with van der Waals surface area (Å²) >= 11 is 0. The van der Waals surface area contributed by atoms with Gasteiger partial charge in [0.05, 0.1) is 0 Å². The van der Waals surface area contributed by atoms with Crippen molar-refractivity contribution < 1.29 is 89.4 Å². The Kier molecular flexibility index (Phi) is 66.7. The first-order valence-corrected chi connectivity index (χ1v) is 44.9. The number of hydrogen-bond acceptors (Lipinski definition) is 5. The van der Waals surface area contributed by atoms with Gasteiger partial charge in [0.1, 0.15) is 17.3 Å². The smallest absolute Gasteiger partial charge is 0.126 e. The molecular weight excluding hydrogens is 1740 g/mol. The van der Waals surface area contributed by atoms with Crippen LogP contribution in [0, 0.1) is 0 Å². The van der Waals surface area contributed by atoms with Crippen LogP contribution in [-0.2, 0) is 116 Å². The van der Waals surface area contributed by atoms with E-state index in [4.69, 9.17) is 9.59 Å². The summed E-state index contributed by atoms with van der Waals surface area (Å²) in [5, 5.41) is 0. The molecule has 130 heavy (non-hydrogen) atoms. The van der Waals surface area contributed by atoms with Crippen LogP contribution in [0.5, 0.6) is 0 Å². The first kappa shape index (κ1) is 121. The molecule has 0 fully saturated rings. The number of rotatable bonds is 15. The molecule has 5 nitrogen and oxygen atoms in total. The Bertz CT molecular complexity index is 3960. The molecule has 0 aliphatic rings. The van der Waals surface area contributed by atoms with E-state index in [1.54, 1.807) is 0 Å². The minimum atomic E-state index is -0.121. The molecule has 0 unspecified atom stereocenters. The van der Waals surface area contributed by atoms with Crippen molar-refractivity contribution in [2.24, 2.45) is 0 Å². The van der Waals surface area contributed by atoms with E-state index in [0.29, 0.717) is 0 Å². The van der Waals surface area contributed by atoms with Crippen molar-refractivity contribution in [3.63, 3.8) is 0 Å². The Labute approximate surface area is 836 Å². The van der Waals surface area contributed by atoms with Gasteiger partial charge in [-0.1, -0.05) is 524 Å². The normalized spacial score (nSPS) is 9.68. The van der Waals surface area contributed by atoms with Crippen molar-refractivity contribution in [2.45, 2.75) is 186 Å². The quantitative estimate of drug-likeness (QED) is 0.0754. The van der Waals surface area contributed by atoms with E-state index in [1.807, 2.05) is 69.2 Å². The summed E-state index contributed by atoms with van der Waals surface area (Å²) in [4.78, 5) is 45.7. The second kappa shape index (κ2) is 71.7. The maximum absolute atomic E-state index is 9.44. The maximum atomic E-state index is 9.44. The van der Waals surface area contributed by atoms with Crippen molar-refractivity contribution >= 4 is 29.9 Å². The monoisotopic (exact) mass is 1880 g/mol. The first-order valence-electron chi connectivity index (χ1n) is 44.9. The van der Waals surface area contributed by atoms with E-state index >= 15 is 0 Å². The van der Waals surface area contributed by atoms with Crippen molar-refractivity contribution in [3.05, 3.63) is 538 Å². The molecule has 0 spiro atoms. The number of hydrogen-bond donors (Lipinski definition) is 0. The van der Waals surface area contributed by atoms with Crippen LogP contribution in [-0.4, -0.2) is 29.9 Å². The SMILES string of the molecule is CC.CC.CC.CC.CC.CC(C)=O.CC(C)=O.CC(C)=O.CC(c1ccccc1)(c1ccccc1)c1ccccc1.CC(c1ccccc1)(c1ccccc1)c1ccccc1.CC(c1ccccc1)(c1ccccc1)c1ccccc1.CC(c1ccccc1)(c1ccccc1)c1ccccc1.CC(c1ccccc1)(c1ccccc1)c1ccccc1.C[C-]=O.C[C-]=O.[Y].[Y]. The summed E-state index contributed by atoms with van der Waals surface area (Å²) in [6, 6.07) is 161. The van der Waals surface area contributed by atoms with Gasteiger partial charge in [0, 0.05) is 92.5 Å². The summed E-state index contributed by atoms with van der Waals surface area (Å²) < 4.78 is 0. The minimum absolute atomic E-state index is 0. The zero-order chi connectivity index (χ0) is 95.3. The van der Waals surface area contributed by atoms with Crippen LogP contribution in [0.4, 0.5) is 0 Å². The predicted octanol–water partition coefficient (Wildman–Crippen LogP) is 32.3. The molecule has 0 saturated carbocycles. The molecule has 2 radical (unpaired) electrons. The van der Waals surface area contributed by atoms with Gasteiger partial charge in [-0.2, -0.15) is 13.8 Å². The largest absolute Gasteiger partial charge is 0.542 e. The number of carbonyl (C=O) groups excluding carboxylic acids is 5. The van der Waals surface area contributed by atoms with Gasteiger partial charge in [-0.25, -0.2) is 0 Å². The van der Waals surface area contributed by atoms with Crippen molar-refractivity contribution in [1.82, 2.24) is 0 Å². The van der Waals surface area contributed by atoms with E-state index in [-0.39, 0.29) is 110 Å². The molecule has 0 aliphatic carbocycles. The topological polar surface area (TPSA) is 85.3 Å². The second-order valence-electron chi connectivity index (χ2n) is 29.2. The second-order valence-corrected chi connectivity index (χ2v) is 29.2. The number of ketones is 3. The molecule has 0 N–H and O–H groups in total. The molecule has 0 bridgehead atoms. The fourth-order valence-electron chi connectivity index (χ4n) is 14.1. The Morgan fingerprint density at radius 1 is 0.154 bits per heavy atom. The van der Waals surface area contributed by atoms with Crippen molar-refractivity contribution in [1.29, 1.82) is 0 Å². The molecule has 0 saturated heterocycles. The molecular formula is C123H144O5Y2-2. The zero-order valence-corrected chi connectivity index (χ0v) is 87.7. The van der Waals surface area contributed by atoms with Gasteiger partial charge in [-0.3, -0.25) is 12.6 Å². The molecule has 674 valence electrons. The number of Topliss-reactive ketones (excluding diaryl/α,β-unsaturated/α-hetero) is 3. The molecule has 15 aromatic carbocycles. The maximum Gasteiger partial charge on any atom is 0.126 e. The number of carbonyl (C=O) groups is 3. The third-order valence-electron chi connectivity index (χ3n) is 20.3. The van der Waals surface area contributed by atoms with Crippen molar-refractivity contribution in [2.75, 3.05) is 0 Å². The van der Waals surface area contributed by atoms with E-state index in [1.165, 1.54) is 151 Å². The standard InChI is InChI=1S/5C20H18.3C3H6O.2C2H3O.5C2H6.2Y/c5*1-20(17-11-5-2-6-12-17,18-13-7-3-8-14-18)19-15-9-4-10-16-19;3*1-3(2)4;2*1-2-3;5*1-2;;/h5*2-16H,1H3;3*1-2H3;2*1H3;5*1-2H3;;/q;;;;;;;;2*-1;;;;;;;. The van der Waals surface area contributed by atoms with Gasteiger partial charge in [-0.15, -0.1) is 0 Å². The molecule has 15 rings (SSSR count).